The summed E-state index contributed by atoms with van der Waals surface area (Å²) < 4.78 is 67.1. The number of ether oxygens (including phenoxy) is 2. The second kappa shape index (κ2) is 6.64. The Morgan fingerprint density at radius 2 is 1.90 bits per heavy atom. The largest absolute Gasteiger partial charge is 0.491 e. The fourth-order valence-corrected chi connectivity index (χ4v) is 2.17. The van der Waals surface area contributed by atoms with Gasteiger partial charge in [0.15, 0.2) is 0 Å². The molecule has 0 amide bonds. The Balaban J connectivity index is 2.50. The molecule has 1 aromatic carbocycles. The van der Waals surface area contributed by atoms with Gasteiger partial charge < -0.3 is 9.47 Å². The van der Waals surface area contributed by atoms with Crippen LogP contribution in [0.4, 0.5) is 13.2 Å². The molecule has 1 rings (SSSR count). The van der Waals surface area contributed by atoms with E-state index in [4.69, 9.17) is 15.4 Å². The van der Waals surface area contributed by atoms with E-state index in [1.807, 2.05) is 0 Å². The van der Waals surface area contributed by atoms with E-state index in [2.05, 4.69) is 4.74 Å². The van der Waals surface area contributed by atoms with E-state index in [1.54, 1.807) is 6.92 Å². The third kappa shape index (κ3) is 5.98. The molecule has 9 heteroatoms. The van der Waals surface area contributed by atoms with Gasteiger partial charge in [-0.25, -0.2) is 8.42 Å². The molecule has 4 nitrogen and oxygen atoms in total. The maximum Gasteiger partial charge on any atom is 0.411 e. The van der Waals surface area contributed by atoms with E-state index < -0.39 is 21.8 Å². The summed E-state index contributed by atoms with van der Waals surface area (Å²) in [6, 6.07) is 3.95. The van der Waals surface area contributed by atoms with E-state index in [0.29, 0.717) is 11.3 Å². The quantitative estimate of drug-likeness (QED) is 0.594. The standard InChI is InChI=1S/C11H12ClF3O4S/c1-8-6-9(20(12,16)17)2-3-10(8)19-5-4-18-7-11(13,14)15/h2-3,6H,4-5,7H2,1H3. The topological polar surface area (TPSA) is 52.6 Å². The number of benzene rings is 1. The third-order valence-corrected chi connectivity index (χ3v) is 3.53. The van der Waals surface area contributed by atoms with Crippen molar-refractivity contribution in [2.75, 3.05) is 19.8 Å². The molecule has 0 N–H and O–H groups in total. The second-order valence-corrected chi connectivity index (χ2v) is 6.45. The van der Waals surface area contributed by atoms with Gasteiger partial charge >= 0.3 is 6.18 Å². The molecule has 1 aromatic rings. The maximum atomic E-state index is 11.8. The van der Waals surface area contributed by atoms with E-state index in [0.717, 1.165) is 0 Å². The summed E-state index contributed by atoms with van der Waals surface area (Å²) in [5.41, 5.74) is 0.502. The lowest BCUT2D eigenvalue weighted by molar-refractivity contribution is -0.175. The summed E-state index contributed by atoms with van der Waals surface area (Å²) in [5, 5.41) is 0. The van der Waals surface area contributed by atoms with Crippen molar-refractivity contribution in [1.29, 1.82) is 0 Å². The Bertz CT molecular complexity index is 557. The molecule has 0 atom stereocenters. The average Bonchev–Trinajstić information content (AvgIpc) is 2.27. The van der Waals surface area contributed by atoms with Crippen LogP contribution in [0.25, 0.3) is 0 Å². The molecular formula is C11H12ClF3O4S. The van der Waals surface area contributed by atoms with Crippen LogP contribution >= 0.6 is 10.7 Å². The Hall–Kier alpha value is -0.990. The van der Waals surface area contributed by atoms with Crippen molar-refractivity contribution in [3.05, 3.63) is 23.8 Å². The van der Waals surface area contributed by atoms with Crippen LogP contribution in [0.3, 0.4) is 0 Å². The molecule has 0 saturated carbocycles. The van der Waals surface area contributed by atoms with Crippen LogP contribution in [0.2, 0.25) is 0 Å². The smallest absolute Gasteiger partial charge is 0.411 e. The third-order valence-electron chi connectivity index (χ3n) is 2.18. The zero-order valence-electron chi connectivity index (χ0n) is 10.4. The van der Waals surface area contributed by atoms with Gasteiger partial charge in [0.2, 0.25) is 0 Å². The highest BCUT2D eigenvalue weighted by Gasteiger charge is 2.27. The highest BCUT2D eigenvalue weighted by Crippen LogP contribution is 2.23. The first kappa shape index (κ1) is 17.1. The summed E-state index contributed by atoms with van der Waals surface area (Å²) in [5.74, 6) is 0.352. The van der Waals surface area contributed by atoms with Gasteiger partial charge in [-0.3, -0.25) is 0 Å². The highest BCUT2D eigenvalue weighted by molar-refractivity contribution is 8.13. The number of alkyl halides is 3. The normalized spacial score (nSPS) is 12.4. The maximum absolute atomic E-state index is 11.8. The van der Waals surface area contributed by atoms with Gasteiger partial charge in [-0.05, 0) is 30.7 Å². The second-order valence-electron chi connectivity index (χ2n) is 3.88. The van der Waals surface area contributed by atoms with Crippen LogP contribution in [0, 0.1) is 6.92 Å². The molecule has 0 aliphatic heterocycles. The molecule has 0 heterocycles. The van der Waals surface area contributed by atoms with Crippen LogP contribution < -0.4 is 4.74 Å². The molecule has 0 aliphatic carbocycles. The summed E-state index contributed by atoms with van der Waals surface area (Å²) in [4.78, 5) is -0.0719. The van der Waals surface area contributed by atoms with Crippen molar-refractivity contribution in [2.45, 2.75) is 18.0 Å². The molecule has 0 fully saturated rings. The fourth-order valence-electron chi connectivity index (χ4n) is 1.33. The lowest BCUT2D eigenvalue weighted by atomic mass is 10.2. The minimum atomic E-state index is -4.37. The Labute approximate surface area is 118 Å². The zero-order valence-corrected chi connectivity index (χ0v) is 12.0. The Morgan fingerprint density at radius 3 is 2.40 bits per heavy atom. The molecule has 0 radical (unpaired) electrons. The first-order valence-electron chi connectivity index (χ1n) is 5.42. The lowest BCUT2D eigenvalue weighted by Gasteiger charge is -2.11. The van der Waals surface area contributed by atoms with Crippen molar-refractivity contribution >= 4 is 19.7 Å². The van der Waals surface area contributed by atoms with Gasteiger partial charge in [0.1, 0.15) is 19.0 Å². The Morgan fingerprint density at radius 1 is 1.25 bits per heavy atom. The van der Waals surface area contributed by atoms with Gasteiger partial charge in [-0.1, -0.05) is 0 Å². The van der Waals surface area contributed by atoms with Gasteiger partial charge in [0.05, 0.1) is 11.5 Å². The molecular weight excluding hydrogens is 321 g/mol. The summed E-state index contributed by atoms with van der Waals surface area (Å²) in [6.45, 7) is -0.0470. The monoisotopic (exact) mass is 332 g/mol. The first-order chi connectivity index (χ1) is 9.09. The van der Waals surface area contributed by atoms with E-state index in [9.17, 15) is 21.6 Å². The van der Waals surface area contributed by atoms with Crippen LogP contribution in [0.15, 0.2) is 23.1 Å². The van der Waals surface area contributed by atoms with Gasteiger partial charge in [-0.2, -0.15) is 13.2 Å². The molecule has 114 valence electrons. The van der Waals surface area contributed by atoms with Crippen molar-refractivity contribution in [3.8, 4) is 5.75 Å². The molecule has 0 unspecified atom stereocenters. The minimum absolute atomic E-state index is 0.0719. The molecule has 0 saturated heterocycles. The number of hydrogen-bond donors (Lipinski definition) is 0. The van der Waals surface area contributed by atoms with E-state index in [1.165, 1.54) is 18.2 Å². The van der Waals surface area contributed by atoms with E-state index >= 15 is 0 Å². The van der Waals surface area contributed by atoms with Crippen LogP contribution in [-0.2, 0) is 13.8 Å². The first-order valence-corrected chi connectivity index (χ1v) is 7.73. The molecule has 0 aromatic heterocycles. The summed E-state index contributed by atoms with van der Waals surface area (Å²) >= 11 is 0. The van der Waals surface area contributed by atoms with Crippen molar-refractivity contribution in [1.82, 2.24) is 0 Å². The van der Waals surface area contributed by atoms with Crippen LogP contribution in [-0.4, -0.2) is 34.4 Å². The Kier molecular flexibility index (Phi) is 5.67. The number of aryl methyl sites for hydroxylation is 1. The van der Waals surface area contributed by atoms with Crippen LogP contribution in [0.5, 0.6) is 5.75 Å². The van der Waals surface area contributed by atoms with E-state index in [-0.39, 0.29) is 18.1 Å². The number of rotatable bonds is 6. The lowest BCUT2D eigenvalue weighted by Crippen LogP contribution is -2.19. The SMILES string of the molecule is Cc1cc(S(=O)(=O)Cl)ccc1OCCOCC(F)(F)F. The van der Waals surface area contributed by atoms with Crippen molar-refractivity contribution in [3.63, 3.8) is 0 Å². The molecule has 20 heavy (non-hydrogen) atoms. The van der Waals surface area contributed by atoms with Crippen molar-refractivity contribution < 1.29 is 31.1 Å². The number of halogens is 4. The molecule has 0 bridgehead atoms. The average molecular weight is 333 g/mol. The minimum Gasteiger partial charge on any atom is -0.491 e. The molecule has 0 aliphatic rings. The van der Waals surface area contributed by atoms with Crippen LogP contribution in [0.1, 0.15) is 5.56 Å². The van der Waals surface area contributed by atoms with Gasteiger partial charge in [0.25, 0.3) is 9.05 Å². The van der Waals surface area contributed by atoms with Crippen molar-refractivity contribution in [2.24, 2.45) is 0 Å². The number of hydrogen-bond acceptors (Lipinski definition) is 4. The van der Waals surface area contributed by atoms with Gasteiger partial charge in [0, 0.05) is 10.7 Å². The highest BCUT2D eigenvalue weighted by atomic mass is 35.7. The fraction of sp³-hybridized carbons (Fsp3) is 0.455. The summed E-state index contributed by atoms with van der Waals surface area (Å²) in [6.07, 6.45) is -4.37. The predicted octanol–water partition coefficient (Wildman–Crippen LogP) is 2.88. The molecule has 0 spiro atoms. The zero-order chi connectivity index (χ0) is 15.4. The summed E-state index contributed by atoms with van der Waals surface area (Å²) in [7, 11) is 1.36. The van der Waals surface area contributed by atoms with Gasteiger partial charge in [-0.15, -0.1) is 0 Å². The predicted molar refractivity (Wildman–Crippen MR) is 66.6 cm³/mol.